The highest BCUT2D eigenvalue weighted by Gasteiger charge is 2.42. The van der Waals surface area contributed by atoms with E-state index in [2.05, 4.69) is 68.4 Å². The smallest absolute Gasteiger partial charge is 0.174 e. The fourth-order valence-corrected chi connectivity index (χ4v) is 5.79. The van der Waals surface area contributed by atoms with E-state index in [1.807, 2.05) is 42.6 Å². The van der Waals surface area contributed by atoms with Crippen LogP contribution >= 0.6 is 12.2 Å². The van der Waals surface area contributed by atoms with Gasteiger partial charge in [-0.15, -0.1) is 0 Å². The average molecular weight is 511 g/mol. The Bertz CT molecular complexity index is 1370. The van der Waals surface area contributed by atoms with Crippen molar-refractivity contribution in [1.82, 2.24) is 14.9 Å². The summed E-state index contributed by atoms with van der Waals surface area (Å²) in [6.07, 6.45) is 9.01. The van der Waals surface area contributed by atoms with Crippen LogP contribution < -0.4 is 19.7 Å². The quantitative estimate of drug-likeness (QED) is 0.291. The first-order valence-corrected chi connectivity index (χ1v) is 13.2. The summed E-state index contributed by atoms with van der Waals surface area (Å²) in [6.45, 7) is 0. The van der Waals surface area contributed by atoms with E-state index in [1.54, 1.807) is 7.11 Å². The van der Waals surface area contributed by atoms with E-state index in [4.69, 9.17) is 21.7 Å². The third kappa shape index (κ3) is 4.67. The van der Waals surface area contributed by atoms with Crippen LogP contribution in [-0.4, -0.2) is 27.9 Å². The van der Waals surface area contributed by atoms with Crippen LogP contribution in [0.1, 0.15) is 49.2 Å². The van der Waals surface area contributed by atoms with Crippen molar-refractivity contribution in [3.63, 3.8) is 0 Å². The number of benzene rings is 2. The molecule has 3 heterocycles. The molecule has 2 aliphatic rings. The molecule has 2 atom stereocenters. The molecule has 0 spiro atoms. The van der Waals surface area contributed by atoms with Crippen LogP contribution in [0.15, 0.2) is 91.3 Å². The fourth-order valence-electron chi connectivity index (χ4n) is 5.45. The third-order valence-electron chi connectivity index (χ3n) is 7.23. The van der Waals surface area contributed by atoms with Crippen molar-refractivity contribution in [2.45, 2.75) is 43.9 Å². The highest BCUT2D eigenvalue weighted by Crippen LogP contribution is 2.42. The second-order valence-corrected chi connectivity index (χ2v) is 9.91. The van der Waals surface area contributed by atoms with Crippen molar-refractivity contribution in [2.24, 2.45) is 0 Å². The summed E-state index contributed by atoms with van der Waals surface area (Å²) in [5.74, 6) is 1.72. The number of thiocarbonyl (C=S) groups is 1. The first-order valence-electron chi connectivity index (χ1n) is 12.8. The minimum absolute atomic E-state index is 0.120. The average Bonchev–Trinajstić information content (AvgIpc) is 3.70. The van der Waals surface area contributed by atoms with E-state index < -0.39 is 0 Å². The Morgan fingerprint density at radius 3 is 2.49 bits per heavy atom. The molecular formula is C30H30N4O2S. The van der Waals surface area contributed by atoms with Gasteiger partial charge in [-0.05, 0) is 98.6 Å². The topological polar surface area (TPSA) is 51.5 Å². The molecule has 2 unspecified atom stereocenters. The van der Waals surface area contributed by atoms with Crippen molar-refractivity contribution in [1.29, 1.82) is 0 Å². The van der Waals surface area contributed by atoms with Gasteiger partial charge < -0.3 is 24.3 Å². The van der Waals surface area contributed by atoms with Gasteiger partial charge in [-0.25, -0.2) is 0 Å². The predicted octanol–water partition coefficient (Wildman–Crippen LogP) is 6.38. The molecule has 1 aliphatic carbocycles. The first-order chi connectivity index (χ1) is 18.2. The molecule has 0 amide bonds. The number of nitrogens with zero attached hydrogens (tertiary/aromatic N) is 3. The Balaban J connectivity index is 1.40. The van der Waals surface area contributed by atoms with Gasteiger partial charge in [0.15, 0.2) is 5.11 Å². The standard InChI is InChI=1S/C30H30N4O2S/c1-35-25-11-6-8-22(20-25)33-19-7-13-27(33)29-28(26-12-4-5-18-31-26)32-30(37)34(29)21-14-16-24(17-15-21)36-23-9-2-3-10-23/h4-8,11-20,23,28-29H,2-3,9-10H2,1H3,(H,32,37). The molecule has 37 heavy (non-hydrogen) atoms. The van der Waals surface area contributed by atoms with Crippen LogP contribution in [0.5, 0.6) is 11.5 Å². The molecule has 188 valence electrons. The van der Waals surface area contributed by atoms with Crippen LogP contribution in [0, 0.1) is 0 Å². The zero-order valence-corrected chi connectivity index (χ0v) is 21.6. The van der Waals surface area contributed by atoms with E-state index in [9.17, 15) is 0 Å². The number of anilines is 1. The third-order valence-corrected chi connectivity index (χ3v) is 7.55. The maximum absolute atomic E-state index is 6.22. The van der Waals surface area contributed by atoms with Gasteiger partial charge in [-0.2, -0.15) is 0 Å². The maximum Gasteiger partial charge on any atom is 0.174 e. The van der Waals surface area contributed by atoms with Crippen LogP contribution in [0.2, 0.25) is 0 Å². The number of rotatable bonds is 7. The lowest BCUT2D eigenvalue weighted by Crippen LogP contribution is -2.30. The summed E-state index contributed by atoms with van der Waals surface area (Å²) in [5, 5.41) is 4.23. The highest BCUT2D eigenvalue weighted by atomic mass is 32.1. The summed E-state index contributed by atoms with van der Waals surface area (Å²) in [4.78, 5) is 6.88. The van der Waals surface area contributed by atoms with Crippen molar-refractivity contribution in [3.8, 4) is 17.2 Å². The first kappa shape index (κ1) is 23.6. The molecule has 7 heteroatoms. The number of ether oxygens (including phenoxy) is 2. The molecule has 1 saturated heterocycles. The van der Waals surface area contributed by atoms with Gasteiger partial charge in [0.1, 0.15) is 17.5 Å². The van der Waals surface area contributed by atoms with Crippen LogP contribution in [0.25, 0.3) is 5.69 Å². The lowest BCUT2D eigenvalue weighted by atomic mass is 10.0. The number of nitrogens with one attached hydrogen (secondary N) is 1. The fraction of sp³-hybridized carbons (Fsp3) is 0.267. The zero-order chi connectivity index (χ0) is 25.2. The van der Waals surface area contributed by atoms with Gasteiger partial charge in [0.05, 0.1) is 24.9 Å². The molecule has 6 nitrogen and oxygen atoms in total. The lowest BCUT2D eigenvalue weighted by molar-refractivity contribution is 0.210. The van der Waals surface area contributed by atoms with Crippen LogP contribution in [0.4, 0.5) is 5.69 Å². The largest absolute Gasteiger partial charge is 0.497 e. The molecular weight excluding hydrogens is 480 g/mol. The van der Waals surface area contributed by atoms with Crippen LogP contribution in [-0.2, 0) is 0 Å². The molecule has 6 rings (SSSR count). The lowest BCUT2D eigenvalue weighted by Gasteiger charge is -2.29. The van der Waals surface area contributed by atoms with Gasteiger partial charge in [0, 0.05) is 35.5 Å². The van der Waals surface area contributed by atoms with Crippen LogP contribution in [0.3, 0.4) is 0 Å². The molecule has 1 N–H and O–H groups in total. The summed E-state index contributed by atoms with van der Waals surface area (Å²) < 4.78 is 13.9. The summed E-state index contributed by atoms with van der Waals surface area (Å²) in [5.41, 5.74) is 4.08. The Morgan fingerprint density at radius 1 is 0.892 bits per heavy atom. The Morgan fingerprint density at radius 2 is 1.73 bits per heavy atom. The molecule has 1 aliphatic heterocycles. The molecule has 0 bridgehead atoms. The summed E-state index contributed by atoms with van der Waals surface area (Å²) in [7, 11) is 1.69. The summed E-state index contributed by atoms with van der Waals surface area (Å²) in [6, 6.07) is 26.4. The molecule has 2 aromatic heterocycles. The molecule has 1 saturated carbocycles. The van der Waals surface area contributed by atoms with Crippen molar-refractivity contribution >= 4 is 23.0 Å². The number of pyridine rings is 1. The van der Waals surface area contributed by atoms with Gasteiger partial charge in [-0.1, -0.05) is 12.1 Å². The zero-order valence-electron chi connectivity index (χ0n) is 20.8. The Kier molecular flexibility index (Phi) is 6.53. The van der Waals surface area contributed by atoms with E-state index in [0.717, 1.165) is 47.1 Å². The SMILES string of the molecule is COc1cccc(-n2cccc2C2C(c3ccccn3)NC(=S)N2c2ccc(OC3CCCC3)cc2)c1. The van der Waals surface area contributed by atoms with Crippen molar-refractivity contribution in [3.05, 3.63) is 103 Å². The minimum Gasteiger partial charge on any atom is -0.497 e. The van der Waals surface area contributed by atoms with Gasteiger partial charge in [0.25, 0.3) is 0 Å². The van der Waals surface area contributed by atoms with Gasteiger partial charge >= 0.3 is 0 Å². The number of methoxy groups -OCH3 is 1. The van der Waals surface area contributed by atoms with Crippen molar-refractivity contribution < 1.29 is 9.47 Å². The second kappa shape index (κ2) is 10.3. The highest BCUT2D eigenvalue weighted by molar-refractivity contribution is 7.80. The second-order valence-electron chi connectivity index (χ2n) is 9.52. The van der Waals surface area contributed by atoms with E-state index in [1.165, 1.54) is 12.8 Å². The van der Waals surface area contributed by atoms with Gasteiger partial charge in [0.2, 0.25) is 0 Å². The summed E-state index contributed by atoms with van der Waals surface area (Å²) >= 11 is 5.93. The molecule has 4 aromatic rings. The van der Waals surface area contributed by atoms with E-state index >= 15 is 0 Å². The monoisotopic (exact) mass is 510 g/mol. The predicted molar refractivity (Wildman–Crippen MR) is 150 cm³/mol. The molecule has 0 radical (unpaired) electrons. The van der Waals surface area contributed by atoms with Gasteiger partial charge in [-0.3, -0.25) is 4.98 Å². The molecule has 2 fully saturated rings. The minimum atomic E-state index is -0.123. The van der Waals surface area contributed by atoms with E-state index in [0.29, 0.717) is 11.2 Å². The number of hydrogen-bond donors (Lipinski definition) is 1. The number of aromatic nitrogens is 2. The van der Waals surface area contributed by atoms with Crippen molar-refractivity contribution in [2.75, 3.05) is 12.0 Å². The van der Waals surface area contributed by atoms with E-state index in [-0.39, 0.29) is 12.1 Å². The molecule has 2 aromatic carbocycles. The maximum atomic E-state index is 6.22. The Labute approximate surface area is 222 Å². The normalized spacial score (nSPS) is 19.7. The Hall–Kier alpha value is -3.84. The number of hydrogen-bond acceptors (Lipinski definition) is 4.